The van der Waals surface area contributed by atoms with Gasteiger partial charge >= 0.3 is 0 Å². The summed E-state index contributed by atoms with van der Waals surface area (Å²) in [7, 11) is -0.141. The Morgan fingerprint density at radius 2 is 1.93 bits per heavy atom. The molecule has 1 rings (SSSR count). The van der Waals surface area contributed by atoms with E-state index in [-0.39, 0.29) is 7.92 Å². The van der Waals surface area contributed by atoms with Crippen molar-refractivity contribution in [2.75, 3.05) is 6.66 Å². The zero-order chi connectivity index (χ0) is 11.1. The van der Waals surface area contributed by atoms with Crippen molar-refractivity contribution < 1.29 is 0 Å². The summed E-state index contributed by atoms with van der Waals surface area (Å²) in [6, 6.07) is 10.8. The van der Waals surface area contributed by atoms with E-state index in [2.05, 4.69) is 69.1 Å². The second kappa shape index (κ2) is 6.58. The maximum atomic E-state index is 2.34. The molecule has 0 spiro atoms. The van der Waals surface area contributed by atoms with Crippen LogP contribution in [0, 0.1) is 0 Å². The van der Waals surface area contributed by atoms with Crippen molar-refractivity contribution in [3.8, 4) is 0 Å². The predicted octanol–water partition coefficient (Wildman–Crippen LogP) is 4.29. The van der Waals surface area contributed by atoms with E-state index in [1.165, 1.54) is 5.30 Å². The molecule has 0 saturated heterocycles. The van der Waals surface area contributed by atoms with Crippen LogP contribution >= 0.6 is 7.92 Å². The average molecular weight is 218 g/mol. The molecule has 0 aliphatic carbocycles. The minimum Gasteiger partial charge on any atom is -0.0876 e. The van der Waals surface area contributed by atoms with Gasteiger partial charge < -0.3 is 0 Å². The fourth-order valence-electron chi connectivity index (χ4n) is 1.49. The molecule has 0 aromatic heterocycles. The molecule has 80 valence electrons. The molecule has 0 radical (unpaired) electrons. The molecule has 1 unspecified atom stereocenters. The van der Waals surface area contributed by atoms with E-state index in [1.807, 2.05) is 0 Å². The second-order valence-electron chi connectivity index (χ2n) is 3.43. The Morgan fingerprint density at radius 3 is 2.47 bits per heavy atom. The topological polar surface area (TPSA) is 0 Å². The highest BCUT2D eigenvalue weighted by molar-refractivity contribution is 7.68. The normalized spacial score (nSPS) is 14.5. The number of benzene rings is 1. The van der Waals surface area contributed by atoms with Crippen LogP contribution in [-0.2, 0) is 0 Å². The molecular formula is C14H19P. The number of hydrogen-bond donors (Lipinski definition) is 0. The molecule has 0 fully saturated rings. The molecule has 0 saturated carbocycles. The molecule has 0 amide bonds. The molecule has 0 heterocycles. The van der Waals surface area contributed by atoms with Crippen molar-refractivity contribution in [1.82, 2.24) is 0 Å². The molecule has 1 heteroatoms. The molecule has 0 aliphatic heterocycles. The van der Waals surface area contributed by atoms with Crippen molar-refractivity contribution in [3.05, 3.63) is 53.9 Å². The Labute approximate surface area is 94.5 Å². The van der Waals surface area contributed by atoms with Gasteiger partial charge in [-0.1, -0.05) is 63.4 Å². The number of allylic oxidation sites excluding steroid dienone is 4. The quantitative estimate of drug-likeness (QED) is 0.522. The van der Waals surface area contributed by atoms with Gasteiger partial charge in [-0.25, -0.2) is 0 Å². The third-order valence-corrected chi connectivity index (χ3v) is 4.82. The molecule has 15 heavy (non-hydrogen) atoms. The van der Waals surface area contributed by atoms with E-state index in [1.54, 1.807) is 5.31 Å². The first-order valence-electron chi connectivity index (χ1n) is 5.40. The van der Waals surface area contributed by atoms with Crippen LogP contribution in [0.2, 0.25) is 0 Å². The maximum absolute atomic E-state index is 2.34. The summed E-state index contributed by atoms with van der Waals surface area (Å²) in [5, 5.41) is 3.01. The van der Waals surface area contributed by atoms with Gasteiger partial charge in [-0.15, -0.1) is 0 Å². The first kappa shape index (κ1) is 12.2. The van der Waals surface area contributed by atoms with Crippen molar-refractivity contribution in [2.45, 2.75) is 20.3 Å². The van der Waals surface area contributed by atoms with Crippen LogP contribution in [0.15, 0.2) is 53.9 Å². The first-order chi connectivity index (χ1) is 7.29. The van der Waals surface area contributed by atoms with Crippen LogP contribution in [0.1, 0.15) is 20.3 Å². The van der Waals surface area contributed by atoms with Crippen LogP contribution in [0.25, 0.3) is 0 Å². The van der Waals surface area contributed by atoms with Gasteiger partial charge in [0.05, 0.1) is 0 Å². The summed E-state index contributed by atoms with van der Waals surface area (Å²) >= 11 is 0. The SMILES string of the molecule is CC=CC=C(CC)P(C)c1ccccc1. The summed E-state index contributed by atoms with van der Waals surface area (Å²) in [5.74, 6) is 0. The van der Waals surface area contributed by atoms with Gasteiger partial charge in [0.15, 0.2) is 0 Å². The Balaban J connectivity index is 2.87. The van der Waals surface area contributed by atoms with Crippen molar-refractivity contribution in [2.24, 2.45) is 0 Å². The summed E-state index contributed by atoms with van der Waals surface area (Å²) in [6.07, 6.45) is 7.63. The Bertz CT molecular complexity index is 336. The largest absolute Gasteiger partial charge is 0.0876 e. The summed E-state index contributed by atoms with van der Waals surface area (Å²) in [4.78, 5) is 0. The van der Waals surface area contributed by atoms with Gasteiger partial charge in [0.25, 0.3) is 0 Å². The summed E-state index contributed by atoms with van der Waals surface area (Å²) < 4.78 is 0. The average Bonchev–Trinajstić information content (AvgIpc) is 2.31. The molecule has 0 nitrogen and oxygen atoms in total. The fraction of sp³-hybridized carbons (Fsp3) is 0.286. The number of hydrogen-bond acceptors (Lipinski definition) is 0. The molecule has 0 bridgehead atoms. The highest BCUT2D eigenvalue weighted by atomic mass is 31.1. The van der Waals surface area contributed by atoms with Crippen LogP contribution in [-0.4, -0.2) is 6.66 Å². The Hall–Kier alpha value is -0.870. The van der Waals surface area contributed by atoms with Gasteiger partial charge in [-0.05, 0) is 30.6 Å². The van der Waals surface area contributed by atoms with Gasteiger partial charge in [0.1, 0.15) is 0 Å². The molecule has 0 N–H and O–H groups in total. The van der Waals surface area contributed by atoms with Gasteiger partial charge in [0, 0.05) is 0 Å². The summed E-state index contributed by atoms with van der Waals surface area (Å²) in [5.41, 5.74) is 0. The molecule has 1 aromatic carbocycles. The van der Waals surface area contributed by atoms with E-state index in [0.29, 0.717) is 0 Å². The lowest BCUT2D eigenvalue weighted by molar-refractivity contribution is 1.19. The Morgan fingerprint density at radius 1 is 1.27 bits per heavy atom. The lowest BCUT2D eigenvalue weighted by Gasteiger charge is -2.15. The predicted molar refractivity (Wildman–Crippen MR) is 72.1 cm³/mol. The first-order valence-corrected chi connectivity index (χ1v) is 7.19. The van der Waals surface area contributed by atoms with Crippen LogP contribution in [0.4, 0.5) is 0 Å². The summed E-state index contributed by atoms with van der Waals surface area (Å²) in [6.45, 7) is 6.63. The lowest BCUT2D eigenvalue weighted by atomic mass is 10.4. The van der Waals surface area contributed by atoms with Gasteiger partial charge in [-0.2, -0.15) is 0 Å². The smallest absolute Gasteiger partial charge is 0.0201 e. The lowest BCUT2D eigenvalue weighted by Crippen LogP contribution is -1.99. The minimum absolute atomic E-state index is 0.141. The van der Waals surface area contributed by atoms with Gasteiger partial charge in [-0.3, -0.25) is 0 Å². The molecule has 1 atom stereocenters. The van der Waals surface area contributed by atoms with E-state index in [0.717, 1.165) is 6.42 Å². The van der Waals surface area contributed by atoms with E-state index in [4.69, 9.17) is 0 Å². The second-order valence-corrected chi connectivity index (χ2v) is 5.64. The van der Waals surface area contributed by atoms with Crippen molar-refractivity contribution in [3.63, 3.8) is 0 Å². The highest BCUT2D eigenvalue weighted by Gasteiger charge is 2.07. The van der Waals surface area contributed by atoms with Crippen LogP contribution in [0.5, 0.6) is 0 Å². The van der Waals surface area contributed by atoms with Crippen LogP contribution < -0.4 is 5.30 Å². The monoisotopic (exact) mass is 218 g/mol. The zero-order valence-electron chi connectivity index (χ0n) is 9.77. The fourth-order valence-corrected chi connectivity index (χ4v) is 3.23. The van der Waals surface area contributed by atoms with Crippen molar-refractivity contribution in [1.29, 1.82) is 0 Å². The molecular weight excluding hydrogens is 199 g/mol. The standard InChI is InChI=1S/C14H19P/c1-4-6-10-13(5-2)15(3)14-11-8-7-9-12-14/h4,6-12H,5H2,1-3H3. The third-order valence-electron chi connectivity index (χ3n) is 2.42. The number of rotatable bonds is 4. The highest BCUT2D eigenvalue weighted by Crippen LogP contribution is 2.41. The van der Waals surface area contributed by atoms with Crippen LogP contribution in [0.3, 0.4) is 0 Å². The third kappa shape index (κ3) is 3.64. The van der Waals surface area contributed by atoms with E-state index < -0.39 is 0 Å². The maximum Gasteiger partial charge on any atom is -0.0201 e. The minimum atomic E-state index is -0.141. The molecule has 0 aliphatic rings. The van der Waals surface area contributed by atoms with E-state index >= 15 is 0 Å². The Kier molecular flexibility index (Phi) is 5.36. The van der Waals surface area contributed by atoms with E-state index in [9.17, 15) is 0 Å². The zero-order valence-corrected chi connectivity index (χ0v) is 10.7. The van der Waals surface area contributed by atoms with Gasteiger partial charge in [0.2, 0.25) is 0 Å². The van der Waals surface area contributed by atoms with Crippen molar-refractivity contribution >= 4 is 13.2 Å². The molecule has 1 aromatic rings.